The average molecular weight is 804 g/mol. The Morgan fingerprint density at radius 2 is 0.825 bits per heavy atom. The molecule has 0 aliphatic heterocycles. The number of fused-ring (bicyclic) bond motifs is 9. The van der Waals surface area contributed by atoms with Crippen LogP contribution in [-0.4, -0.2) is 4.40 Å². The molecule has 7 aliphatic carbocycles. The van der Waals surface area contributed by atoms with E-state index in [9.17, 15) is 10.5 Å². The maximum absolute atomic E-state index is 11.3. The van der Waals surface area contributed by atoms with E-state index < -0.39 is 0 Å². The highest BCUT2D eigenvalue weighted by Crippen LogP contribution is 2.63. The molecule has 10 aromatic rings. The van der Waals surface area contributed by atoms with Gasteiger partial charge in [0.2, 0.25) is 0 Å². The van der Waals surface area contributed by atoms with Gasteiger partial charge in [-0.25, -0.2) is 0 Å². The minimum absolute atomic E-state index is 0.00417. The van der Waals surface area contributed by atoms with Crippen LogP contribution in [0.1, 0.15) is 153 Å². The molecule has 17 rings (SSSR count). The van der Waals surface area contributed by atoms with Gasteiger partial charge in [-0.1, -0.05) is 131 Å². The first-order chi connectivity index (χ1) is 30.7. The van der Waals surface area contributed by atoms with Crippen LogP contribution in [0.2, 0.25) is 0 Å². The predicted molar refractivity (Wildman–Crippen MR) is 253 cm³/mol. The first-order valence-electron chi connectivity index (χ1n) is 22.7. The summed E-state index contributed by atoms with van der Waals surface area (Å²) in [6.07, 6.45) is 2.29. The largest absolute Gasteiger partial charge is 0.308 e. The molecule has 7 aliphatic rings. The van der Waals surface area contributed by atoms with Crippen molar-refractivity contribution in [1.29, 1.82) is 10.5 Å². The molecule has 0 spiro atoms. The van der Waals surface area contributed by atoms with Gasteiger partial charge in [0.1, 0.15) is 0 Å². The molecule has 0 amide bonds. The predicted octanol–water partition coefficient (Wildman–Crippen LogP) is 14.1. The van der Waals surface area contributed by atoms with Crippen LogP contribution in [0, 0.1) is 22.7 Å². The van der Waals surface area contributed by atoms with E-state index in [4.69, 9.17) is 0 Å². The number of nitriles is 2. The molecule has 0 saturated heterocycles. The molecule has 0 radical (unpaired) electrons. The Kier molecular flexibility index (Phi) is 6.03. The number of rotatable bonds is 0. The van der Waals surface area contributed by atoms with Crippen LogP contribution in [-0.2, 0) is 10.8 Å². The second-order valence-corrected chi connectivity index (χ2v) is 20.6. The van der Waals surface area contributed by atoms with Crippen molar-refractivity contribution in [3.8, 4) is 12.1 Å². The van der Waals surface area contributed by atoms with Crippen molar-refractivity contribution < 1.29 is 0 Å². The molecule has 0 unspecified atom stereocenters. The number of hydrogen-bond acceptors (Lipinski definition) is 2. The lowest BCUT2D eigenvalue weighted by atomic mass is 9.59. The van der Waals surface area contributed by atoms with Crippen molar-refractivity contribution in [3.63, 3.8) is 0 Å². The molecule has 2 aromatic heterocycles. The van der Waals surface area contributed by atoms with Gasteiger partial charge in [-0.3, -0.25) is 0 Å². The fraction of sp³-hybridized carbons (Fsp3) is 0.200. The molecule has 3 nitrogen and oxygen atoms in total. The highest BCUT2D eigenvalue weighted by atomic mass is 14.9. The first kappa shape index (κ1) is 34.4. The van der Waals surface area contributed by atoms with Crippen molar-refractivity contribution in [2.45, 2.75) is 75.0 Å². The Morgan fingerprint density at radius 3 is 1.25 bits per heavy atom. The maximum atomic E-state index is 11.3. The van der Waals surface area contributed by atoms with E-state index in [2.05, 4.69) is 172 Å². The van der Waals surface area contributed by atoms with Crippen LogP contribution < -0.4 is 0 Å². The van der Waals surface area contributed by atoms with E-state index in [0.29, 0.717) is 0 Å². The van der Waals surface area contributed by atoms with Crippen molar-refractivity contribution in [2.24, 2.45) is 0 Å². The van der Waals surface area contributed by atoms with Gasteiger partial charge >= 0.3 is 0 Å². The molecular weight excluding hydrogens is 763 g/mol. The Balaban J connectivity index is 1.19. The SMILES string of the molecule is CC1(C)CCC(C)(C)c2cc3c(cc21)cc1c2c4c(c(C#N)cc2n2c5cc(C#N)c6c(c5c3c12)C1c2ccccc2C6c2ccccc21)C1c2ccccc2C4c2ccccc21. The van der Waals surface area contributed by atoms with E-state index in [0.717, 1.165) is 40.6 Å². The zero-order valence-electron chi connectivity index (χ0n) is 35.7. The van der Waals surface area contributed by atoms with Gasteiger partial charge in [0.25, 0.3) is 0 Å². The van der Waals surface area contributed by atoms with Crippen LogP contribution >= 0.6 is 0 Å². The Labute approximate surface area is 365 Å². The third-order valence-corrected chi connectivity index (χ3v) is 17.0. The van der Waals surface area contributed by atoms with Gasteiger partial charge in [0, 0.05) is 45.2 Å². The third-order valence-electron chi connectivity index (χ3n) is 17.0. The Bertz CT molecular complexity index is 3820. The summed E-state index contributed by atoms with van der Waals surface area (Å²) >= 11 is 0. The fourth-order valence-electron chi connectivity index (χ4n) is 14.3. The molecule has 2 heterocycles. The molecule has 0 atom stereocenters. The van der Waals surface area contributed by atoms with Crippen molar-refractivity contribution in [3.05, 3.63) is 216 Å². The Morgan fingerprint density at radius 1 is 0.444 bits per heavy atom. The maximum Gasteiger partial charge on any atom is 0.0995 e. The summed E-state index contributed by atoms with van der Waals surface area (Å²) in [6.45, 7) is 9.74. The van der Waals surface area contributed by atoms with Gasteiger partial charge in [0.15, 0.2) is 0 Å². The number of nitrogens with zero attached hydrogens (tertiary/aromatic N) is 3. The van der Waals surface area contributed by atoms with E-state index >= 15 is 0 Å². The van der Waals surface area contributed by atoms with Crippen LogP contribution in [0.5, 0.6) is 0 Å². The van der Waals surface area contributed by atoms with Crippen LogP contribution in [0.15, 0.2) is 127 Å². The zero-order chi connectivity index (χ0) is 42.0. The summed E-state index contributed by atoms with van der Waals surface area (Å²) < 4.78 is 2.49. The molecule has 0 N–H and O–H groups in total. The third kappa shape index (κ3) is 3.83. The van der Waals surface area contributed by atoms with E-state index in [-0.39, 0.29) is 34.5 Å². The topological polar surface area (TPSA) is 52.0 Å². The lowest BCUT2D eigenvalue weighted by Crippen LogP contribution is -2.33. The summed E-state index contributed by atoms with van der Waals surface area (Å²) in [5, 5.41) is 30.2. The normalized spacial score (nSPS) is 21.1. The molecule has 0 saturated carbocycles. The molecule has 4 bridgehead atoms. The first-order valence-corrected chi connectivity index (χ1v) is 22.7. The van der Waals surface area contributed by atoms with Crippen LogP contribution in [0.4, 0.5) is 0 Å². The zero-order valence-corrected chi connectivity index (χ0v) is 35.7. The quantitative estimate of drug-likeness (QED) is 0.153. The van der Waals surface area contributed by atoms with Crippen molar-refractivity contribution in [2.75, 3.05) is 0 Å². The second kappa shape index (κ2) is 11.1. The smallest absolute Gasteiger partial charge is 0.0995 e. The van der Waals surface area contributed by atoms with Gasteiger partial charge < -0.3 is 4.40 Å². The second-order valence-electron chi connectivity index (χ2n) is 20.6. The summed E-state index contributed by atoms with van der Waals surface area (Å²) in [6, 6.07) is 53.5. The highest BCUT2D eigenvalue weighted by Gasteiger charge is 2.47. The standard InChI is InChI=1S/C60H41N3/c1-59(2)21-22-60(3,4)44-27-41-30(24-43(44)59)23-42-53-45(25-31(28-61)47-49-33-13-5-9-17-37(33)51(56(47)53)38-18-10-6-14-34(38)49)63-46-26-32(29-62)48-50-35-15-7-11-19-39(35)52(40-20-12-8-16-36(40)50)57(48)55(46)54(41)58(42)63/h5-20,23-27,49-52H,21-22H2,1-4H3. The van der Waals surface area contributed by atoms with E-state index in [1.807, 2.05) is 0 Å². The van der Waals surface area contributed by atoms with Gasteiger partial charge in [-0.15, -0.1) is 0 Å². The molecule has 63 heavy (non-hydrogen) atoms. The Hall–Kier alpha value is -7.20. The highest BCUT2D eigenvalue weighted by molar-refractivity contribution is 6.33. The van der Waals surface area contributed by atoms with Gasteiger partial charge in [-0.05, 0) is 137 Å². The van der Waals surface area contributed by atoms with Crippen LogP contribution in [0.25, 0.3) is 48.9 Å². The summed E-state index contributed by atoms with van der Waals surface area (Å²) in [5.41, 5.74) is 23.3. The lowest BCUT2D eigenvalue weighted by Gasteiger charge is -2.43. The van der Waals surface area contributed by atoms with Crippen molar-refractivity contribution >= 4 is 48.9 Å². The summed E-state index contributed by atoms with van der Waals surface area (Å²) in [4.78, 5) is 0. The number of aromatic nitrogens is 1. The minimum atomic E-state index is -0.0279. The van der Waals surface area contributed by atoms with E-state index in [1.54, 1.807) is 0 Å². The number of benzene rings is 8. The van der Waals surface area contributed by atoms with Crippen LogP contribution in [0.3, 0.4) is 0 Å². The number of hydrogen-bond donors (Lipinski definition) is 0. The van der Waals surface area contributed by atoms with Gasteiger partial charge in [0.05, 0.1) is 39.8 Å². The average Bonchev–Trinajstić information content (AvgIpc) is 3.83. The molecule has 8 aromatic carbocycles. The lowest BCUT2D eigenvalue weighted by molar-refractivity contribution is 0.332. The molecule has 3 heteroatoms. The minimum Gasteiger partial charge on any atom is -0.308 e. The summed E-state index contributed by atoms with van der Waals surface area (Å²) in [7, 11) is 0. The molecule has 296 valence electrons. The van der Waals surface area contributed by atoms with E-state index in [1.165, 1.54) is 110 Å². The van der Waals surface area contributed by atoms with Gasteiger partial charge in [-0.2, -0.15) is 10.5 Å². The fourth-order valence-corrected chi connectivity index (χ4v) is 14.3. The molecular formula is C60H41N3. The van der Waals surface area contributed by atoms with Crippen molar-refractivity contribution in [1.82, 2.24) is 4.40 Å². The molecule has 0 fully saturated rings. The summed E-state index contributed by atoms with van der Waals surface area (Å²) in [5.74, 6) is -0.0665. The monoisotopic (exact) mass is 803 g/mol.